The Morgan fingerprint density at radius 3 is 2.14 bits per heavy atom. The Morgan fingerprint density at radius 1 is 1.00 bits per heavy atom. The van der Waals surface area contributed by atoms with E-state index in [9.17, 15) is 4.79 Å². The standard InChI is InChI=1S/C17H24O4/c1-15(2)20-13-14(18)19-9-17(13,21-15)16-6-10-3-11(7-16)5-12(4-10)8-16/h10-13H,3-9H2,1-2H3/t10?,11?,12?,13-,16?,17+/m1/s1. The van der Waals surface area contributed by atoms with E-state index in [2.05, 4.69) is 0 Å². The molecule has 0 amide bonds. The highest BCUT2D eigenvalue weighted by molar-refractivity contribution is 5.79. The summed E-state index contributed by atoms with van der Waals surface area (Å²) in [6, 6.07) is 0. The quantitative estimate of drug-likeness (QED) is 0.697. The van der Waals surface area contributed by atoms with Crippen LogP contribution in [-0.2, 0) is 19.0 Å². The molecule has 0 N–H and O–H groups in total. The summed E-state index contributed by atoms with van der Waals surface area (Å²) in [6.45, 7) is 4.26. The van der Waals surface area contributed by atoms with Gasteiger partial charge in [-0.2, -0.15) is 0 Å². The first-order valence-corrected chi connectivity index (χ1v) is 8.46. The first kappa shape index (κ1) is 12.9. The van der Waals surface area contributed by atoms with Crippen LogP contribution < -0.4 is 0 Å². The third-order valence-electron chi connectivity index (χ3n) is 6.83. The molecule has 2 saturated heterocycles. The van der Waals surface area contributed by atoms with Gasteiger partial charge in [-0.3, -0.25) is 0 Å². The highest BCUT2D eigenvalue weighted by atomic mass is 16.8. The zero-order valence-electron chi connectivity index (χ0n) is 12.9. The largest absolute Gasteiger partial charge is 0.460 e. The van der Waals surface area contributed by atoms with E-state index in [1.807, 2.05) is 13.8 Å². The first-order valence-electron chi connectivity index (χ1n) is 8.46. The average Bonchev–Trinajstić information content (AvgIpc) is 2.82. The average molecular weight is 292 g/mol. The van der Waals surface area contributed by atoms with E-state index in [0.29, 0.717) is 6.61 Å². The van der Waals surface area contributed by atoms with Crippen LogP contribution in [0.25, 0.3) is 0 Å². The molecule has 0 aromatic heterocycles. The molecule has 6 rings (SSSR count). The molecule has 2 aliphatic heterocycles. The van der Waals surface area contributed by atoms with E-state index >= 15 is 0 Å². The van der Waals surface area contributed by atoms with Crippen molar-refractivity contribution in [3.8, 4) is 0 Å². The molecular formula is C17H24O4. The molecule has 6 fully saturated rings. The molecule has 0 radical (unpaired) electrons. The summed E-state index contributed by atoms with van der Waals surface area (Å²) in [5, 5.41) is 0. The van der Waals surface area contributed by atoms with Crippen molar-refractivity contribution in [2.24, 2.45) is 23.2 Å². The summed E-state index contributed by atoms with van der Waals surface area (Å²) < 4.78 is 17.8. The van der Waals surface area contributed by atoms with Gasteiger partial charge in [-0.25, -0.2) is 4.79 Å². The summed E-state index contributed by atoms with van der Waals surface area (Å²) >= 11 is 0. The molecule has 0 unspecified atom stereocenters. The number of fused-ring (bicyclic) bond motifs is 1. The highest BCUT2D eigenvalue weighted by Gasteiger charge is 2.73. The Morgan fingerprint density at radius 2 is 1.57 bits per heavy atom. The monoisotopic (exact) mass is 292 g/mol. The zero-order valence-corrected chi connectivity index (χ0v) is 12.9. The Hall–Kier alpha value is -0.610. The van der Waals surface area contributed by atoms with Crippen LogP contribution in [0, 0.1) is 23.2 Å². The van der Waals surface area contributed by atoms with Crippen molar-refractivity contribution in [3.63, 3.8) is 0 Å². The molecule has 4 aliphatic carbocycles. The summed E-state index contributed by atoms with van der Waals surface area (Å²) in [5.41, 5.74) is -0.421. The normalized spacial score (nSPS) is 56.6. The van der Waals surface area contributed by atoms with E-state index in [1.165, 1.54) is 38.5 Å². The van der Waals surface area contributed by atoms with Crippen molar-refractivity contribution in [2.75, 3.05) is 6.61 Å². The maximum absolute atomic E-state index is 12.2. The number of esters is 1. The number of carbonyl (C=O) groups excluding carboxylic acids is 1. The van der Waals surface area contributed by atoms with E-state index in [-0.39, 0.29) is 11.4 Å². The molecule has 2 atom stereocenters. The lowest BCUT2D eigenvalue weighted by molar-refractivity contribution is -0.234. The number of cyclic esters (lactones) is 1. The predicted molar refractivity (Wildman–Crippen MR) is 74.3 cm³/mol. The lowest BCUT2D eigenvalue weighted by Crippen LogP contribution is -2.62. The van der Waals surface area contributed by atoms with Gasteiger partial charge in [-0.05, 0) is 70.1 Å². The number of rotatable bonds is 1. The smallest absolute Gasteiger partial charge is 0.338 e. The SMILES string of the molecule is CC1(C)O[C@@H]2C(=O)OC[C@]2(C23CC4CC(CC(C4)C2)C3)O1. The Balaban J connectivity index is 1.60. The minimum Gasteiger partial charge on any atom is -0.460 e. The van der Waals surface area contributed by atoms with Gasteiger partial charge in [0.1, 0.15) is 12.2 Å². The fourth-order valence-electron chi connectivity index (χ4n) is 6.66. The van der Waals surface area contributed by atoms with E-state index < -0.39 is 17.5 Å². The van der Waals surface area contributed by atoms with Gasteiger partial charge in [0.15, 0.2) is 11.9 Å². The second kappa shape index (κ2) is 3.65. The molecule has 4 nitrogen and oxygen atoms in total. The van der Waals surface area contributed by atoms with Gasteiger partial charge in [-0.1, -0.05) is 0 Å². The molecular weight excluding hydrogens is 268 g/mol. The summed E-state index contributed by atoms with van der Waals surface area (Å²) in [6.07, 6.45) is 7.25. The van der Waals surface area contributed by atoms with Gasteiger partial charge in [0, 0.05) is 5.41 Å². The molecule has 6 aliphatic rings. The van der Waals surface area contributed by atoms with Gasteiger partial charge in [0.05, 0.1) is 0 Å². The van der Waals surface area contributed by atoms with Crippen LogP contribution in [-0.4, -0.2) is 30.1 Å². The Kier molecular flexibility index (Phi) is 2.24. The molecule has 4 saturated carbocycles. The van der Waals surface area contributed by atoms with Gasteiger partial charge in [0.25, 0.3) is 0 Å². The molecule has 2 heterocycles. The number of hydrogen-bond donors (Lipinski definition) is 0. The predicted octanol–water partition coefficient (Wildman–Crippen LogP) is 2.65. The van der Waals surface area contributed by atoms with E-state index in [4.69, 9.17) is 14.2 Å². The van der Waals surface area contributed by atoms with Crippen LogP contribution in [0.5, 0.6) is 0 Å². The Bertz CT molecular complexity index is 476. The number of ether oxygens (including phenoxy) is 3. The lowest BCUT2D eigenvalue weighted by Gasteiger charge is -2.61. The van der Waals surface area contributed by atoms with Crippen molar-refractivity contribution in [1.29, 1.82) is 0 Å². The molecule has 21 heavy (non-hydrogen) atoms. The van der Waals surface area contributed by atoms with Crippen molar-refractivity contribution in [1.82, 2.24) is 0 Å². The Labute approximate surface area is 125 Å². The fraction of sp³-hybridized carbons (Fsp3) is 0.941. The third kappa shape index (κ3) is 1.51. The first-order chi connectivity index (χ1) is 9.91. The molecule has 4 bridgehead atoms. The van der Waals surface area contributed by atoms with Crippen LogP contribution in [0.3, 0.4) is 0 Å². The van der Waals surface area contributed by atoms with Gasteiger partial charge >= 0.3 is 5.97 Å². The second-order valence-corrected chi connectivity index (χ2v) is 8.69. The van der Waals surface area contributed by atoms with Crippen molar-refractivity contribution >= 4 is 5.97 Å². The summed E-state index contributed by atoms with van der Waals surface area (Å²) in [5.74, 6) is 1.60. The maximum Gasteiger partial charge on any atom is 0.338 e. The van der Waals surface area contributed by atoms with E-state index in [0.717, 1.165) is 17.8 Å². The minimum atomic E-state index is -0.673. The van der Waals surface area contributed by atoms with Gasteiger partial charge in [-0.15, -0.1) is 0 Å². The molecule has 116 valence electrons. The minimum absolute atomic E-state index is 0.104. The van der Waals surface area contributed by atoms with E-state index in [1.54, 1.807) is 0 Å². The van der Waals surface area contributed by atoms with Crippen LogP contribution in [0.4, 0.5) is 0 Å². The van der Waals surface area contributed by atoms with Gasteiger partial charge < -0.3 is 14.2 Å². The van der Waals surface area contributed by atoms with Gasteiger partial charge in [0.2, 0.25) is 0 Å². The number of hydrogen-bond acceptors (Lipinski definition) is 4. The van der Waals surface area contributed by atoms with Crippen LogP contribution in [0.2, 0.25) is 0 Å². The molecule has 0 aromatic carbocycles. The second-order valence-electron chi connectivity index (χ2n) is 8.69. The number of carbonyl (C=O) groups is 1. The highest BCUT2D eigenvalue weighted by Crippen LogP contribution is 2.67. The van der Waals surface area contributed by atoms with Crippen LogP contribution in [0.15, 0.2) is 0 Å². The zero-order chi connectivity index (χ0) is 14.5. The van der Waals surface area contributed by atoms with Crippen molar-refractivity contribution in [3.05, 3.63) is 0 Å². The molecule has 0 aromatic rings. The summed E-state index contributed by atoms with van der Waals surface area (Å²) in [4.78, 5) is 12.2. The molecule has 0 spiro atoms. The van der Waals surface area contributed by atoms with Crippen molar-refractivity contribution in [2.45, 2.75) is 69.9 Å². The van der Waals surface area contributed by atoms with Crippen LogP contribution in [0.1, 0.15) is 52.4 Å². The van der Waals surface area contributed by atoms with Crippen LogP contribution >= 0.6 is 0 Å². The molecule has 4 heteroatoms. The third-order valence-corrected chi connectivity index (χ3v) is 6.83. The topological polar surface area (TPSA) is 44.8 Å². The summed E-state index contributed by atoms with van der Waals surface area (Å²) in [7, 11) is 0. The fourth-order valence-corrected chi connectivity index (χ4v) is 6.66. The van der Waals surface area contributed by atoms with Crippen molar-refractivity contribution < 1.29 is 19.0 Å². The lowest BCUT2D eigenvalue weighted by atomic mass is 9.45. The maximum atomic E-state index is 12.2.